The van der Waals surface area contributed by atoms with Gasteiger partial charge in [-0.2, -0.15) is 5.10 Å². The van der Waals surface area contributed by atoms with Crippen molar-refractivity contribution < 1.29 is 0 Å². The zero-order valence-electron chi connectivity index (χ0n) is 9.79. The summed E-state index contributed by atoms with van der Waals surface area (Å²) in [6.45, 7) is 10.5. The average molecular weight is 217 g/mol. The molecule has 0 aliphatic carbocycles. The molecule has 0 unspecified atom stereocenters. The summed E-state index contributed by atoms with van der Waals surface area (Å²) in [6.07, 6.45) is 1.70. The lowest BCUT2D eigenvalue weighted by Gasteiger charge is -2.06. The van der Waals surface area contributed by atoms with Crippen molar-refractivity contribution in [3.05, 3.63) is 40.0 Å². The minimum absolute atomic E-state index is 0.144. The molecule has 0 bridgehead atoms. The summed E-state index contributed by atoms with van der Waals surface area (Å²) in [4.78, 5) is 11.8. The van der Waals surface area contributed by atoms with Crippen LogP contribution in [0.25, 0.3) is 10.9 Å². The zero-order valence-corrected chi connectivity index (χ0v) is 9.79. The van der Waals surface area contributed by atoms with Gasteiger partial charge in [-0.3, -0.25) is 4.79 Å². The Kier molecular flexibility index (Phi) is 2.42. The van der Waals surface area contributed by atoms with Gasteiger partial charge < -0.3 is 4.57 Å². The summed E-state index contributed by atoms with van der Waals surface area (Å²) >= 11 is 0. The molecule has 0 aromatic carbocycles. The van der Waals surface area contributed by atoms with Gasteiger partial charge >= 0.3 is 0 Å². The molecule has 4 nitrogen and oxygen atoms in total. The van der Waals surface area contributed by atoms with Crippen LogP contribution in [0, 0.1) is 13.8 Å². The molecule has 0 fully saturated rings. The molecule has 1 N–H and O–H groups in total. The Morgan fingerprint density at radius 1 is 1.56 bits per heavy atom. The maximum Gasteiger partial charge on any atom is 0.288 e. The monoisotopic (exact) mass is 217 g/mol. The maximum absolute atomic E-state index is 11.8. The first kappa shape index (κ1) is 10.7. The van der Waals surface area contributed by atoms with Crippen LogP contribution in [0.5, 0.6) is 0 Å². The average Bonchev–Trinajstić information content (AvgIpc) is 2.45. The summed E-state index contributed by atoms with van der Waals surface area (Å²) in [5.41, 5.74) is 3.77. The first-order valence-corrected chi connectivity index (χ1v) is 5.20. The summed E-state index contributed by atoms with van der Waals surface area (Å²) in [7, 11) is 0. The highest BCUT2D eigenvalue weighted by Crippen LogP contribution is 2.22. The highest BCUT2D eigenvalue weighted by atomic mass is 16.1. The molecule has 0 aliphatic rings. The fraction of sp³-hybridized carbons (Fsp3) is 0.333. The fourth-order valence-corrected chi connectivity index (χ4v) is 1.97. The van der Waals surface area contributed by atoms with E-state index in [9.17, 15) is 4.79 Å². The van der Waals surface area contributed by atoms with E-state index >= 15 is 0 Å². The van der Waals surface area contributed by atoms with Crippen LogP contribution in [0.1, 0.15) is 18.2 Å². The van der Waals surface area contributed by atoms with Gasteiger partial charge in [0.15, 0.2) is 0 Å². The molecule has 4 heteroatoms. The number of rotatable bonds is 2. The van der Waals surface area contributed by atoms with Gasteiger partial charge in [0, 0.05) is 17.6 Å². The lowest BCUT2D eigenvalue weighted by Crippen LogP contribution is -2.13. The summed E-state index contributed by atoms with van der Waals surface area (Å²) in [5.74, 6) is 0. The summed E-state index contributed by atoms with van der Waals surface area (Å²) < 4.78 is 1.99. The molecular weight excluding hydrogens is 202 g/mol. The van der Waals surface area contributed by atoms with Crippen molar-refractivity contribution >= 4 is 10.9 Å². The van der Waals surface area contributed by atoms with Crippen LogP contribution < -0.4 is 5.56 Å². The minimum Gasteiger partial charge on any atom is -0.336 e. The summed E-state index contributed by atoms with van der Waals surface area (Å²) in [6, 6.07) is 0. The highest BCUT2D eigenvalue weighted by Gasteiger charge is 2.13. The molecule has 84 valence electrons. The van der Waals surface area contributed by atoms with Crippen molar-refractivity contribution in [2.45, 2.75) is 27.3 Å². The lowest BCUT2D eigenvalue weighted by molar-refractivity contribution is 0.782. The van der Waals surface area contributed by atoms with Crippen LogP contribution in [0.3, 0.4) is 0 Å². The van der Waals surface area contributed by atoms with Crippen molar-refractivity contribution in [2.75, 3.05) is 0 Å². The molecule has 2 aromatic heterocycles. The molecular formula is C12H15N3O. The van der Waals surface area contributed by atoms with E-state index < -0.39 is 0 Å². The number of aromatic amines is 1. The Labute approximate surface area is 93.6 Å². The number of aromatic nitrogens is 3. The van der Waals surface area contributed by atoms with Crippen molar-refractivity contribution in [3.63, 3.8) is 0 Å². The minimum atomic E-state index is -0.144. The fourth-order valence-electron chi connectivity index (χ4n) is 1.97. The van der Waals surface area contributed by atoms with Gasteiger partial charge in [-0.05, 0) is 26.3 Å². The third-order valence-electron chi connectivity index (χ3n) is 2.88. The van der Waals surface area contributed by atoms with E-state index in [1.807, 2.05) is 25.3 Å². The SMILES string of the molecule is C=C(C)Cn1c(C)c(C)c2cn[nH]c(=O)c21. The number of H-pyrrole nitrogens is 1. The van der Waals surface area contributed by atoms with Crippen LogP contribution in [0.15, 0.2) is 23.1 Å². The van der Waals surface area contributed by atoms with Crippen LogP contribution in [0.2, 0.25) is 0 Å². The van der Waals surface area contributed by atoms with Gasteiger partial charge in [-0.1, -0.05) is 12.2 Å². The van der Waals surface area contributed by atoms with Crippen LogP contribution in [0.4, 0.5) is 0 Å². The molecule has 0 atom stereocenters. The Morgan fingerprint density at radius 2 is 2.25 bits per heavy atom. The molecule has 2 rings (SSSR count). The molecule has 0 radical (unpaired) electrons. The first-order chi connectivity index (χ1) is 7.52. The van der Waals surface area contributed by atoms with Crippen molar-refractivity contribution in [1.29, 1.82) is 0 Å². The Morgan fingerprint density at radius 3 is 2.88 bits per heavy atom. The van der Waals surface area contributed by atoms with E-state index in [0.29, 0.717) is 12.1 Å². The van der Waals surface area contributed by atoms with E-state index in [-0.39, 0.29) is 5.56 Å². The van der Waals surface area contributed by atoms with E-state index in [1.54, 1.807) is 6.20 Å². The van der Waals surface area contributed by atoms with Crippen LogP contribution in [-0.4, -0.2) is 14.8 Å². The molecule has 0 saturated carbocycles. The Bertz CT molecular complexity index is 619. The number of hydrogen-bond donors (Lipinski definition) is 1. The number of nitrogens with one attached hydrogen (secondary N) is 1. The topological polar surface area (TPSA) is 50.7 Å². The van der Waals surface area contributed by atoms with Gasteiger partial charge in [0.2, 0.25) is 0 Å². The molecule has 16 heavy (non-hydrogen) atoms. The predicted octanol–water partition coefficient (Wildman–Crippen LogP) is 1.92. The van der Waals surface area contributed by atoms with Gasteiger partial charge in [0.05, 0.1) is 6.20 Å². The van der Waals surface area contributed by atoms with Crippen LogP contribution in [-0.2, 0) is 6.54 Å². The maximum atomic E-state index is 11.8. The Hall–Kier alpha value is -1.84. The molecule has 0 spiro atoms. The standard InChI is InChI=1S/C12H15N3O/c1-7(2)6-15-9(4)8(3)10-5-13-14-12(16)11(10)15/h5H,1,6H2,2-4H3,(H,14,16). The second-order valence-electron chi connectivity index (χ2n) is 4.22. The summed E-state index contributed by atoms with van der Waals surface area (Å²) in [5, 5.41) is 7.22. The van der Waals surface area contributed by atoms with E-state index in [0.717, 1.165) is 22.2 Å². The smallest absolute Gasteiger partial charge is 0.288 e. The van der Waals surface area contributed by atoms with Crippen LogP contribution >= 0.6 is 0 Å². The largest absolute Gasteiger partial charge is 0.336 e. The number of allylic oxidation sites excluding steroid dienone is 1. The van der Waals surface area contributed by atoms with E-state index in [1.165, 1.54) is 0 Å². The van der Waals surface area contributed by atoms with Gasteiger partial charge in [0.25, 0.3) is 5.56 Å². The van der Waals surface area contributed by atoms with Gasteiger partial charge in [-0.25, -0.2) is 5.10 Å². The zero-order chi connectivity index (χ0) is 11.9. The Balaban J connectivity index is 2.86. The number of aryl methyl sites for hydroxylation is 1. The molecule has 0 saturated heterocycles. The lowest BCUT2D eigenvalue weighted by atomic mass is 10.2. The van der Waals surface area contributed by atoms with E-state index in [2.05, 4.69) is 16.8 Å². The van der Waals surface area contributed by atoms with Crippen molar-refractivity contribution in [1.82, 2.24) is 14.8 Å². The number of fused-ring (bicyclic) bond motifs is 1. The normalized spacial score (nSPS) is 10.9. The first-order valence-electron chi connectivity index (χ1n) is 5.20. The second kappa shape index (κ2) is 3.63. The highest BCUT2D eigenvalue weighted by molar-refractivity contribution is 5.83. The number of nitrogens with zero attached hydrogens (tertiary/aromatic N) is 2. The third kappa shape index (κ3) is 1.46. The van der Waals surface area contributed by atoms with E-state index in [4.69, 9.17) is 0 Å². The van der Waals surface area contributed by atoms with Gasteiger partial charge in [-0.15, -0.1) is 0 Å². The number of hydrogen-bond acceptors (Lipinski definition) is 2. The third-order valence-corrected chi connectivity index (χ3v) is 2.88. The second-order valence-corrected chi connectivity index (χ2v) is 4.22. The van der Waals surface area contributed by atoms with Crippen molar-refractivity contribution in [2.24, 2.45) is 0 Å². The molecule has 2 aromatic rings. The molecule has 2 heterocycles. The van der Waals surface area contributed by atoms with Gasteiger partial charge in [0.1, 0.15) is 5.52 Å². The predicted molar refractivity (Wildman–Crippen MR) is 64.6 cm³/mol. The molecule has 0 aliphatic heterocycles. The quantitative estimate of drug-likeness (QED) is 0.781. The molecule has 0 amide bonds. The van der Waals surface area contributed by atoms with Crippen molar-refractivity contribution in [3.8, 4) is 0 Å².